The minimum absolute atomic E-state index is 0.201. The molecule has 6 heteroatoms. The number of hydrogen-bond acceptors (Lipinski definition) is 6. The van der Waals surface area contributed by atoms with Crippen LogP contribution in [-0.4, -0.2) is 35.3 Å². The van der Waals surface area contributed by atoms with E-state index in [1.165, 1.54) is 0 Å². The second-order valence-electron chi connectivity index (χ2n) is 4.00. The summed E-state index contributed by atoms with van der Waals surface area (Å²) in [7, 11) is 1.85. The Morgan fingerprint density at radius 2 is 1.89 bits per heavy atom. The predicted octanol–water partition coefficient (Wildman–Crippen LogP) is 1.55. The van der Waals surface area contributed by atoms with E-state index in [9.17, 15) is 0 Å². The summed E-state index contributed by atoms with van der Waals surface area (Å²) in [6.45, 7) is 2.98. The molecule has 2 aromatic rings. The molecule has 0 aliphatic heterocycles. The van der Waals surface area contributed by atoms with Crippen LogP contribution in [-0.2, 0) is 4.74 Å². The number of nitrogens with two attached hydrogens (primary N) is 1. The Labute approximate surface area is 112 Å². The van der Waals surface area contributed by atoms with Crippen molar-refractivity contribution < 1.29 is 4.74 Å². The van der Waals surface area contributed by atoms with E-state index in [1.807, 2.05) is 44.3 Å². The fourth-order valence-electron chi connectivity index (χ4n) is 1.55. The van der Waals surface area contributed by atoms with Crippen LogP contribution in [0.5, 0.6) is 0 Å². The van der Waals surface area contributed by atoms with Crippen LogP contribution in [0.4, 0.5) is 11.9 Å². The first kappa shape index (κ1) is 13.2. The number of ether oxygens (including phenoxy) is 1. The van der Waals surface area contributed by atoms with Gasteiger partial charge in [-0.3, -0.25) is 0 Å². The van der Waals surface area contributed by atoms with Crippen LogP contribution in [0.1, 0.15) is 6.92 Å². The summed E-state index contributed by atoms with van der Waals surface area (Å²) in [5.41, 5.74) is 6.64. The largest absolute Gasteiger partial charge is 0.368 e. The first-order valence-electron chi connectivity index (χ1n) is 6.06. The number of hydrogen-bond donors (Lipinski definition) is 1. The number of rotatable bonds is 5. The summed E-state index contributed by atoms with van der Waals surface area (Å²) >= 11 is 0. The van der Waals surface area contributed by atoms with Gasteiger partial charge in [-0.2, -0.15) is 15.0 Å². The van der Waals surface area contributed by atoms with Crippen molar-refractivity contribution in [2.45, 2.75) is 6.92 Å². The first-order chi connectivity index (χ1) is 9.20. The fourth-order valence-corrected chi connectivity index (χ4v) is 1.55. The third kappa shape index (κ3) is 3.38. The molecule has 0 aliphatic carbocycles. The van der Waals surface area contributed by atoms with E-state index in [1.54, 1.807) is 4.90 Å². The zero-order chi connectivity index (χ0) is 13.7. The molecule has 0 amide bonds. The standard InChI is InChI=1S/C13H17N5O/c1-3-19-9-18(2)13-16-11(15-12(14)17-13)10-7-5-4-6-8-10/h4-8H,3,9H2,1-2H3,(H2,14,15,16,17). The van der Waals surface area contributed by atoms with Crippen molar-refractivity contribution in [2.75, 3.05) is 31.0 Å². The maximum atomic E-state index is 5.73. The molecule has 0 saturated carbocycles. The Kier molecular flexibility index (Phi) is 4.25. The van der Waals surface area contributed by atoms with Crippen molar-refractivity contribution in [3.05, 3.63) is 30.3 Å². The smallest absolute Gasteiger partial charge is 0.232 e. The van der Waals surface area contributed by atoms with E-state index < -0.39 is 0 Å². The zero-order valence-corrected chi connectivity index (χ0v) is 11.1. The molecule has 0 aliphatic rings. The second kappa shape index (κ2) is 6.10. The highest BCUT2D eigenvalue weighted by atomic mass is 16.5. The molecule has 0 saturated heterocycles. The van der Waals surface area contributed by atoms with E-state index >= 15 is 0 Å². The molecule has 0 bridgehead atoms. The monoisotopic (exact) mass is 259 g/mol. The lowest BCUT2D eigenvalue weighted by Crippen LogP contribution is -2.24. The lowest BCUT2D eigenvalue weighted by molar-refractivity contribution is 0.150. The van der Waals surface area contributed by atoms with Gasteiger partial charge in [-0.1, -0.05) is 30.3 Å². The molecule has 100 valence electrons. The first-order valence-corrected chi connectivity index (χ1v) is 6.06. The number of nitrogen functional groups attached to an aromatic ring is 1. The fraction of sp³-hybridized carbons (Fsp3) is 0.308. The summed E-state index contributed by atoms with van der Waals surface area (Å²) in [5.74, 6) is 1.26. The maximum absolute atomic E-state index is 5.73. The molecule has 0 fully saturated rings. The van der Waals surface area contributed by atoms with Gasteiger partial charge in [-0.25, -0.2) is 0 Å². The highest BCUT2D eigenvalue weighted by molar-refractivity contribution is 5.57. The van der Waals surface area contributed by atoms with Crippen LogP contribution >= 0.6 is 0 Å². The molecular weight excluding hydrogens is 242 g/mol. The molecule has 2 N–H and O–H groups in total. The Bertz CT molecular complexity index is 532. The Morgan fingerprint density at radius 3 is 2.58 bits per heavy atom. The van der Waals surface area contributed by atoms with Gasteiger partial charge in [0.15, 0.2) is 5.82 Å². The van der Waals surface area contributed by atoms with Gasteiger partial charge in [0.25, 0.3) is 0 Å². The highest BCUT2D eigenvalue weighted by Gasteiger charge is 2.10. The Balaban J connectivity index is 2.29. The zero-order valence-electron chi connectivity index (χ0n) is 11.1. The molecule has 6 nitrogen and oxygen atoms in total. The second-order valence-corrected chi connectivity index (χ2v) is 4.00. The van der Waals surface area contributed by atoms with Crippen molar-refractivity contribution >= 4 is 11.9 Å². The van der Waals surface area contributed by atoms with Crippen molar-refractivity contribution in [2.24, 2.45) is 0 Å². The Morgan fingerprint density at radius 1 is 1.16 bits per heavy atom. The van der Waals surface area contributed by atoms with Crippen LogP contribution in [0, 0.1) is 0 Å². The van der Waals surface area contributed by atoms with Crippen LogP contribution in [0.25, 0.3) is 11.4 Å². The molecule has 2 rings (SSSR count). The van der Waals surface area contributed by atoms with E-state index in [-0.39, 0.29) is 5.95 Å². The van der Waals surface area contributed by atoms with Crippen molar-refractivity contribution in [3.63, 3.8) is 0 Å². The summed E-state index contributed by atoms with van der Waals surface area (Å²) in [6.07, 6.45) is 0. The Hall–Kier alpha value is -2.21. The number of anilines is 2. The molecule has 1 heterocycles. The minimum Gasteiger partial charge on any atom is -0.368 e. The van der Waals surface area contributed by atoms with Gasteiger partial charge in [-0.15, -0.1) is 0 Å². The average molecular weight is 259 g/mol. The summed E-state index contributed by atoms with van der Waals surface area (Å²) < 4.78 is 5.32. The summed E-state index contributed by atoms with van der Waals surface area (Å²) in [5, 5.41) is 0. The molecule has 0 unspecified atom stereocenters. The third-order valence-electron chi connectivity index (χ3n) is 2.50. The molecule has 0 atom stereocenters. The predicted molar refractivity (Wildman–Crippen MR) is 74.6 cm³/mol. The third-order valence-corrected chi connectivity index (χ3v) is 2.50. The van der Waals surface area contributed by atoms with Gasteiger partial charge < -0.3 is 15.4 Å². The van der Waals surface area contributed by atoms with Crippen LogP contribution in [0.15, 0.2) is 30.3 Å². The van der Waals surface area contributed by atoms with Crippen LogP contribution in [0.2, 0.25) is 0 Å². The number of aromatic nitrogens is 3. The molecule has 0 spiro atoms. The van der Waals surface area contributed by atoms with Gasteiger partial charge in [0, 0.05) is 19.2 Å². The van der Waals surface area contributed by atoms with Crippen molar-refractivity contribution in [1.29, 1.82) is 0 Å². The van der Waals surface area contributed by atoms with Gasteiger partial charge in [0.1, 0.15) is 6.73 Å². The van der Waals surface area contributed by atoms with Gasteiger partial charge in [0.2, 0.25) is 11.9 Å². The maximum Gasteiger partial charge on any atom is 0.232 e. The van der Waals surface area contributed by atoms with Gasteiger partial charge >= 0.3 is 0 Å². The molecular formula is C13H17N5O. The number of nitrogens with zero attached hydrogens (tertiary/aromatic N) is 4. The van der Waals surface area contributed by atoms with Gasteiger partial charge in [-0.05, 0) is 6.92 Å². The lowest BCUT2D eigenvalue weighted by Gasteiger charge is -2.17. The SMILES string of the molecule is CCOCN(C)c1nc(N)nc(-c2ccccc2)n1. The molecule has 1 aromatic heterocycles. The van der Waals surface area contributed by atoms with Crippen molar-refractivity contribution in [1.82, 2.24) is 15.0 Å². The molecule has 0 radical (unpaired) electrons. The topological polar surface area (TPSA) is 77.2 Å². The molecule has 19 heavy (non-hydrogen) atoms. The summed E-state index contributed by atoms with van der Waals surface area (Å²) in [6, 6.07) is 9.66. The van der Waals surface area contributed by atoms with E-state index in [2.05, 4.69) is 15.0 Å². The summed E-state index contributed by atoms with van der Waals surface area (Å²) in [4.78, 5) is 14.5. The van der Waals surface area contributed by atoms with Crippen molar-refractivity contribution in [3.8, 4) is 11.4 Å². The van der Waals surface area contributed by atoms with Crippen LogP contribution in [0.3, 0.4) is 0 Å². The highest BCUT2D eigenvalue weighted by Crippen LogP contribution is 2.17. The molecule has 1 aromatic carbocycles. The number of benzene rings is 1. The normalized spacial score (nSPS) is 10.4. The quantitative estimate of drug-likeness (QED) is 0.821. The van der Waals surface area contributed by atoms with E-state index in [4.69, 9.17) is 10.5 Å². The van der Waals surface area contributed by atoms with Gasteiger partial charge in [0.05, 0.1) is 0 Å². The minimum atomic E-state index is 0.201. The van der Waals surface area contributed by atoms with Crippen LogP contribution < -0.4 is 10.6 Å². The van der Waals surface area contributed by atoms with E-state index in [0.29, 0.717) is 25.1 Å². The van der Waals surface area contributed by atoms with E-state index in [0.717, 1.165) is 5.56 Å². The average Bonchev–Trinajstić information content (AvgIpc) is 2.45. The lowest BCUT2D eigenvalue weighted by atomic mass is 10.2.